The van der Waals surface area contributed by atoms with Crippen LogP contribution in [0.25, 0.3) is 0 Å². The minimum atomic E-state index is -3.87. The number of piperidine rings is 1. The van der Waals surface area contributed by atoms with Crippen LogP contribution in [0.5, 0.6) is 5.75 Å². The molecule has 0 radical (unpaired) electrons. The SMILES string of the molecule is CCc1ccc(S(=O)(=O)Nc2cc(Cl)cc(Cl)c2OC)cc1NC1CCN(C)CC1. The molecule has 2 N–H and O–H groups in total. The number of benzene rings is 2. The second-order valence-corrected chi connectivity index (χ2v) is 9.99. The van der Waals surface area contributed by atoms with Crippen molar-refractivity contribution in [2.45, 2.75) is 37.1 Å². The minimum Gasteiger partial charge on any atom is -0.493 e. The van der Waals surface area contributed by atoms with Crippen molar-refractivity contribution in [3.8, 4) is 5.75 Å². The Labute approximate surface area is 188 Å². The molecule has 0 saturated carbocycles. The highest BCUT2D eigenvalue weighted by atomic mass is 35.5. The summed E-state index contributed by atoms with van der Waals surface area (Å²) in [5.41, 5.74) is 2.13. The first kappa shape index (κ1) is 23.0. The van der Waals surface area contributed by atoms with Crippen molar-refractivity contribution in [2.24, 2.45) is 0 Å². The fourth-order valence-electron chi connectivity index (χ4n) is 3.59. The topological polar surface area (TPSA) is 70.7 Å². The molecule has 9 heteroatoms. The predicted octanol–water partition coefficient (Wildman–Crippen LogP) is 4.87. The molecule has 164 valence electrons. The lowest BCUT2D eigenvalue weighted by Gasteiger charge is -2.30. The smallest absolute Gasteiger partial charge is 0.262 e. The van der Waals surface area contributed by atoms with Crippen molar-refractivity contribution in [1.29, 1.82) is 0 Å². The third kappa shape index (κ3) is 5.32. The maximum Gasteiger partial charge on any atom is 0.262 e. The quantitative estimate of drug-likeness (QED) is 0.602. The molecule has 30 heavy (non-hydrogen) atoms. The minimum absolute atomic E-state index is 0.160. The van der Waals surface area contributed by atoms with Gasteiger partial charge in [-0.05, 0) is 69.2 Å². The van der Waals surface area contributed by atoms with Crippen molar-refractivity contribution >= 4 is 44.6 Å². The molecule has 1 fully saturated rings. The number of ether oxygens (including phenoxy) is 1. The van der Waals surface area contributed by atoms with Gasteiger partial charge in [0.25, 0.3) is 10.0 Å². The number of methoxy groups -OCH3 is 1. The van der Waals surface area contributed by atoms with Crippen molar-refractivity contribution in [2.75, 3.05) is 37.3 Å². The number of nitrogens with one attached hydrogen (secondary N) is 2. The van der Waals surface area contributed by atoms with Crippen molar-refractivity contribution < 1.29 is 13.2 Å². The summed E-state index contributed by atoms with van der Waals surface area (Å²) in [5.74, 6) is 0.222. The summed E-state index contributed by atoms with van der Waals surface area (Å²) >= 11 is 12.2. The van der Waals surface area contributed by atoms with E-state index in [9.17, 15) is 8.42 Å². The largest absolute Gasteiger partial charge is 0.493 e. The van der Waals surface area contributed by atoms with E-state index < -0.39 is 10.0 Å². The molecule has 1 aliphatic heterocycles. The van der Waals surface area contributed by atoms with Gasteiger partial charge >= 0.3 is 0 Å². The van der Waals surface area contributed by atoms with Gasteiger partial charge in [0.2, 0.25) is 0 Å². The van der Waals surface area contributed by atoms with Crippen LogP contribution in [-0.4, -0.2) is 46.6 Å². The summed E-state index contributed by atoms with van der Waals surface area (Å²) in [5, 5.41) is 4.09. The van der Waals surface area contributed by atoms with Crippen LogP contribution in [0.15, 0.2) is 35.2 Å². The molecular weight excluding hydrogens is 445 g/mol. The van der Waals surface area contributed by atoms with Gasteiger partial charge in [-0.1, -0.05) is 36.2 Å². The first-order valence-electron chi connectivity index (χ1n) is 9.87. The van der Waals surface area contributed by atoms with Gasteiger partial charge in [-0.2, -0.15) is 0 Å². The average Bonchev–Trinajstić information content (AvgIpc) is 2.69. The fourth-order valence-corrected chi connectivity index (χ4v) is 5.24. The van der Waals surface area contributed by atoms with Crippen molar-refractivity contribution in [3.05, 3.63) is 45.9 Å². The highest BCUT2D eigenvalue weighted by molar-refractivity contribution is 7.92. The fraction of sp³-hybridized carbons (Fsp3) is 0.429. The number of sulfonamides is 1. The molecule has 0 amide bonds. The molecule has 1 heterocycles. The monoisotopic (exact) mass is 471 g/mol. The zero-order valence-electron chi connectivity index (χ0n) is 17.3. The highest BCUT2D eigenvalue weighted by Crippen LogP contribution is 2.37. The van der Waals surface area contributed by atoms with Crippen LogP contribution in [0.1, 0.15) is 25.3 Å². The summed E-state index contributed by atoms with van der Waals surface area (Å²) < 4.78 is 34.0. The third-order valence-electron chi connectivity index (χ3n) is 5.31. The van der Waals surface area contributed by atoms with Crippen LogP contribution >= 0.6 is 23.2 Å². The van der Waals surface area contributed by atoms with Gasteiger partial charge in [0.15, 0.2) is 5.75 Å². The van der Waals surface area contributed by atoms with Crippen molar-refractivity contribution in [1.82, 2.24) is 4.90 Å². The van der Waals surface area contributed by atoms with E-state index in [2.05, 4.69) is 28.9 Å². The number of halogens is 2. The van der Waals surface area contributed by atoms with Gasteiger partial charge in [0, 0.05) is 16.8 Å². The van der Waals surface area contributed by atoms with E-state index >= 15 is 0 Å². The maximum absolute atomic E-state index is 13.1. The Balaban J connectivity index is 1.89. The first-order chi connectivity index (χ1) is 14.2. The zero-order valence-corrected chi connectivity index (χ0v) is 19.7. The van der Waals surface area contributed by atoms with Crippen LogP contribution in [0.2, 0.25) is 10.0 Å². The number of likely N-dealkylation sites (tertiary alicyclic amines) is 1. The number of hydrogen-bond donors (Lipinski definition) is 2. The summed E-state index contributed by atoms with van der Waals surface area (Å²) in [7, 11) is -0.335. The Bertz CT molecular complexity index is 1010. The second-order valence-electron chi connectivity index (χ2n) is 7.47. The average molecular weight is 472 g/mol. The molecule has 6 nitrogen and oxygen atoms in total. The normalized spacial score (nSPS) is 15.8. The predicted molar refractivity (Wildman–Crippen MR) is 124 cm³/mol. The Morgan fingerprint density at radius 3 is 2.47 bits per heavy atom. The van der Waals surface area contributed by atoms with E-state index in [-0.39, 0.29) is 21.4 Å². The molecular formula is C21H27Cl2N3O3S. The lowest BCUT2D eigenvalue weighted by Crippen LogP contribution is -2.36. The molecule has 3 rings (SSSR count). The molecule has 2 aromatic carbocycles. The maximum atomic E-state index is 13.1. The van der Waals surface area contributed by atoms with Gasteiger partial charge in [-0.3, -0.25) is 4.72 Å². The Hall–Kier alpha value is -1.67. The van der Waals surface area contributed by atoms with E-state index in [1.165, 1.54) is 19.2 Å². The van der Waals surface area contributed by atoms with Crippen LogP contribution in [0, 0.1) is 0 Å². The number of hydrogen-bond acceptors (Lipinski definition) is 5. The van der Waals surface area contributed by atoms with E-state index in [4.69, 9.17) is 27.9 Å². The number of rotatable bonds is 7. The number of aryl methyl sites for hydroxylation is 1. The molecule has 0 unspecified atom stereocenters. The first-order valence-corrected chi connectivity index (χ1v) is 12.1. The van der Waals surface area contributed by atoms with E-state index in [1.54, 1.807) is 12.1 Å². The molecule has 0 atom stereocenters. The number of anilines is 2. The Morgan fingerprint density at radius 2 is 1.83 bits per heavy atom. The van der Waals surface area contributed by atoms with Crippen molar-refractivity contribution in [3.63, 3.8) is 0 Å². The summed E-state index contributed by atoms with van der Waals surface area (Å²) in [6, 6.07) is 8.46. The Morgan fingerprint density at radius 1 is 1.13 bits per heavy atom. The van der Waals surface area contributed by atoms with Crippen LogP contribution in [0.3, 0.4) is 0 Å². The molecule has 0 bridgehead atoms. The van der Waals surface area contributed by atoms with Gasteiger partial charge < -0.3 is 15.0 Å². The second kappa shape index (κ2) is 9.64. The molecule has 2 aromatic rings. The highest BCUT2D eigenvalue weighted by Gasteiger charge is 2.22. The van der Waals surface area contributed by atoms with Gasteiger partial charge in [-0.25, -0.2) is 8.42 Å². The van der Waals surface area contributed by atoms with Gasteiger partial charge in [0.05, 0.1) is 22.7 Å². The number of nitrogens with zero attached hydrogens (tertiary/aromatic N) is 1. The van der Waals surface area contributed by atoms with E-state index in [1.807, 2.05) is 6.07 Å². The summed E-state index contributed by atoms with van der Waals surface area (Å²) in [6.45, 7) is 4.10. The lowest BCUT2D eigenvalue weighted by atomic mass is 10.0. The molecule has 0 aliphatic carbocycles. The molecule has 0 aromatic heterocycles. The van der Waals surface area contributed by atoms with Crippen LogP contribution < -0.4 is 14.8 Å². The summed E-state index contributed by atoms with van der Waals surface area (Å²) in [4.78, 5) is 2.46. The Kier molecular flexibility index (Phi) is 7.39. The van der Waals surface area contributed by atoms with Crippen LogP contribution in [0.4, 0.5) is 11.4 Å². The van der Waals surface area contributed by atoms with Gasteiger partial charge in [0.1, 0.15) is 0 Å². The lowest BCUT2D eigenvalue weighted by molar-refractivity contribution is 0.264. The standard InChI is InChI=1S/C21H27Cl2N3O3S/c1-4-14-5-6-17(13-19(14)24-16-7-9-26(2)10-8-16)30(27,28)25-20-12-15(22)11-18(23)21(20)29-3/h5-6,11-13,16,24-25H,4,7-10H2,1-3H3. The van der Waals surface area contributed by atoms with E-state index in [0.29, 0.717) is 11.1 Å². The third-order valence-corrected chi connectivity index (χ3v) is 7.17. The summed E-state index contributed by atoms with van der Waals surface area (Å²) in [6.07, 6.45) is 2.85. The van der Waals surface area contributed by atoms with E-state index in [0.717, 1.165) is 43.6 Å². The zero-order chi connectivity index (χ0) is 21.9. The molecule has 1 aliphatic rings. The van der Waals surface area contributed by atoms with Gasteiger partial charge in [-0.15, -0.1) is 0 Å². The molecule has 0 spiro atoms. The molecule has 1 saturated heterocycles. The van der Waals surface area contributed by atoms with Crippen LogP contribution in [-0.2, 0) is 16.4 Å².